The van der Waals surface area contributed by atoms with Crippen molar-refractivity contribution in [1.29, 1.82) is 0 Å². The fourth-order valence-electron chi connectivity index (χ4n) is 2.12. The van der Waals surface area contributed by atoms with Gasteiger partial charge in [0.2, 0.25) is 11.7 Å². The summed E-state index contributed by atoms with van der Waals surface area (Å²) < 4.78 is 11.1. The molecule has 0 aliphatic heterocycles. The molecule has 1 atom stereocenters. The highest BCUT2D eigenvalue weighted by Crippen LogP contribution is 2.25. The van der Waals surface area contributed by atoms with E-state index in [1.165, 1.54) is 0 Å². The molecule has 0 fully saturated rings. The summed E-state index contributed by atoms with van der Waals surface area (Å²) >= 11 is 0. The number of rotatable bonds is 6. The number of hydrogen-bond donors (Lipinski definition) is 1. The van der Waals surface area contributed by atoms with Gasteiger partial charge in [-0.05, 0) is 31.4 Å². The summed E-state index contributed by atoms with van der Waals surface area (Å²) in [7, 11) is 0. The van der Waals surface area contributed by atoms with Gasteiger partial charge in [0.1, 0.15) is 5.75 Å². The predicted molar refractivity (Wildman–Crippen MR) is 81.3 cm³/mol. The molecule has 0 aliphatic carbocycles. The molecule has 1 aromatic carbocycles. The van der Waals surface area contributed by atoms with E-state index in [2.05, 4.69) is 10.1 Å². The van der Waals surface area contributed by atoms with Crippen LogP contribution < -0.4 is 10.5 Å². The summed E-state index contributed by atoms with van der Waals surface area (Å²) in [5, 5.41) is 3.94. The number of para-hydroxylation sites is 1. The summed E-state index contributed by atoms with van der Waals surface area (Å²) in [6.45, 7) is 8.34. The van der Waals surface area contributed by atoms with Crippen molar-refractivity contribution in [3.8, 4) is 5.75 Å². The summed E-state index contributed by atoms with van der Waals surface area (Å²) in [5.41, 5.74) is 8.08. The van der Waals surface area contributed by atoms with Crippen molar-refractivity contribution in [3.05, 3.63) is 41.0 Å². The third-order valence-corrected chi connectivity index (χ3v) is 3.16. The Hall–Kier alpha value is -1.88. The van der Waals surface area contributed by atoms with Crippen molar-refractivity contribution >= 4 is 0 Å². The van der Waals surface area contributed by atoms with Crippen LogP contribution in [0.2, 0.25) is 0 Å². The van der Waals surface area contributed by atoms with Crippen LogP contribution in [-0.2, 0) is 13.0 Å². The zero-order valence-corrected chi connectivity index (χ0v) is 13.1. The Morgan fingerprint density at radius 1 is 1.29 bits per heavy atom. The average molecular weight is 289 g/mol. The van der Waals surface area contributed by atoms with Crippen molar-refractivity contribution in [3.63, 3.8) is 0 Å². The zero-order valence-electron chi connectivity index (χ0n) is 13.1. The fraction of sp³-hybridized carbons (Fsp3) is 0.500. The first kappa shape index (κ1) is 15.5. The van der Waals surface area contributed by atoms with Crippen LogP contribution in [0.4, 0.5) is 0 Å². The maximum Gasteiger partial charge on any atom is 0.229 e. The molecule has 0 radical (unpaired) electrons. The topological polar surface area (TPSA) is 74.2 Å². The second kappa shape index (κ2) is 6.72. The van der Waals surface area contributed by atoms with E-state index in [9.17, 15) is 0 Å². The third kappa shape index (κ3) is 4.04. The number of aryl methyl sites for hydroxylation is 1. The van der Waals surface area contributed by atoms with Crippen LogP contribution in [0.5, 0.6) is 5.75 Å². The fourth-order valence-corrected chi connectivity index (χ4v) is 2.12. The molecule has 21 heavy (non-hydrogen) atoms. The van der Waals surface area contributed by atoms with Crippen LogP contribution in [0, 0.1) is 6.92 Å². The van der Waals surface area contributed by atoms with E-state index in [4.69, 9.17) is 15.0 Å². The molecular weight excluding hydrogens is 266 g/mol. The number of ether oxygens (including phenoxy) is 1. The minimum Gasteiger partial charge on any atom is -0.485 e. The first-order chi connectivity index (χ1) is 9.97. The number of aromatic nitrogens is 2. The van der Waals surface area contributed by atoms with Crippen molar-refractivity contribution in [2.45, 2.75) is 52.7 Å². The van der Waals surface area contributed by atoms with Gasteiger partial charge in [0.05, 0.1) is 0 Å². The molecule has 2 N–H and O–H groups in total. The molecule has 2 rings (SSSR count). The van der Waals surface area contributed by atoms with Gasteiger partial charge in [0.15, 0.2) is 6.61 Å². The summed E-state index contributed by atoms with van der Waals surface area (Å²) in [4.78, 5) is 4.32. The maximum atomic E-state index is 5.91. The van der Waals surface area contributed by atoms with E-state index in [0.717, 1.165) is 23.3 Å². The van der Waals surface area contributed by atoms with Gasteiger partial charge < -0.3 is 15.0 Å². The Morgan fingerprint density at radius 2 is 2.05 bits per heavy atom. The first-order valence-corrected chi connectivity index (χ1v) is 7.26. The molecule has 0 spiro atoms. The molecule has 1 heterocycles. The Kier molecular flexibility index (Phi) is 4.96. The van der Waals surface area contributed by atoms with Crippen LogP contribution >= 0.6 is 0 Å². The van der Waals surface area contributed by atoms with Gasteiger partial charge >= 0.3 is 0 Å². The highest BCUT2D eigenvalue weighted by Gasteiger charge is 2.13. The van der Waals surface area contributed by atoms with Gasteiger partial charge in [0.25, 0.3) is 0 Å². The number of benzene rings is 1. The normalized spacial score (nSPS) is 12.7. The second-order valence-electron chi connectivity index (χ2n) is 5.74. The lowest BCUT2D eigenvalue weighted by atomic mass is 10.0. The molecule has 114 valence electrons. The molecule has 5 heteroatoms. The maximum absolute atomic E-state index is 5.91. The quantitative estimate of drug-likeness (QED) is 0.885. The molecular formula is C16H23N3O2. The minimum absolute atomic E-state index is 0.0897. The van der Waals surface area contributed by atoms with Crippen molar-refractivity contribution < 1.29 is 9.26 Å². The SMILES string of the molecule is Cc1cccc(CC(C)N)c1OCc1noc(C(C)C)n1. The van der Waals surface area contributed by atoms with Gasteiger partial charge in [0, 0.05) is 12.0 Å². The van der Waals surface area contributed by atoms with E-state index in [1.807, 2.05) is 45.9 Å². The molecule has 0 saturated carbocycles. The lowest BCUT2D eigenvalue weighted by Crippen LogP contribution is -2.18. The van der Waals surface area contributed by atoms with E-state index >= 15 is 0 Å². The molecule has 1 unspecified atom stereocenters. The van der Waals surface area contributed by atoms with Crippen LogP contribution in [0.15, 0.2) is 22.7 Å². The van der Waals surface area contributed by atoms with Crippen molar-refractivity contribution in [2.75, 3.05) is 0 Å². The molecule has 0 saturated heterocycles. The molecule has 1 aromatic heterocycles. The lowest BCUT2D eigenvalue weighted by Gasteiger charge is -2.14. The van der Waals surface area contributed by atoms with E-state index in [-0.39, 0.29) is 12.0 Å². The van der Waals surface area contributed by atoms with Gasteiger partial charge in [-0.3, -0.25) is 0 Å². The highest BCUT2D eigenvalue weighted by atomic mass is 16.5. The Morgan fingerprint density at radius 3 is 2.67 bits per heavy atom. The van der Waals surface area contributed by atoms with Crippen molar-refractivity contribution in [1.82, 2.24) is 10.1 Å². The predicted octanol–water partition coefficient (Wildman–Crippen LogP) is 2.97. The summed E-state index contributed by atoms with van der Waals surface area (Å²) in [5.74, 6) is 2.28. The second-order valence-corrected chi connectivity index (χ2v) is 5.74. The monoisotopic (exact) mass is 289 g/mol. The van der Waals surface area contributed by atoms with Gasteiger partial charge in [-0.2, -0.15) is 4.98 Å². The zero-order chi connectivity index (χ0) is 15.4. The van der Waals surface area contributed by atoms with Crippen LogP contribution in [0.3, 0.4) is 0 Å². The Bertz CT molecular complexity index is 591. The van der Waals surface area contributed by atoms with E-state index in [0.29, 0.717) is 18.3 Å². The molecule has 2 aromatic rings. The molecule has 5 nitrogen and oxygen atoms in total. The lowest BCUT2D eigenvalue weighted by molar-refractivity contribution is 0.279. The molecule has 0 amide bonds. The number of nitrogens with two attached hydrogens (primary N) is 1. The molecule has 0 aliphatic rings. The standard InChI is InChI=1S/C16H23N3O2/c1-10(2)16-18-14(19-21-16)9-20-15-11(3)6-5-7-13(15)8-12(4)17/h5-7,10,12H,8-9,17H2,1-4H3. The number of hydrogen-bond acceptors (Lipinski definition) is 5. The van der Waals surface area contributed by atoms with Gasteiger partial charge in [-0.25, -0.2) is 0 Å². The summed E-state index contributed by atoms with van der Waals surface area (Å²) in [6.07, 6.45) is 0.778. The molecule has 0 bridgehead atoms. The average Bonchev–Trinajstić information content (AvgIpc) is 2.86. The van der Waals surface area contributed by atoms with Crippen LogP contribution in [0.25, 0.3) is 0 Å². The third-order valence-electron chi connectivity index (χ3n) is 3.16. The smallest absolute Gasteiger partial charge is 0.229 e. The van der Waals surface area contributed by atoms with Crippen LogP contribution in [-0.4, -0.2) is 16.2 Å². The van der Waals surface area contributed by atoms with E-state index < -0.39 is 0 Å². The van der Waals surface area contributed by atoms with Crippen molar-refractivity contribution in [2.24, 2.45) is 5.73 Å². The number of nitrogens with zero attached hydrogens (tertiary/aromatic N) is 2. The first-order valence-electron chi connectivity index (χ1n) is 7.26. The largest absolute Gasteiger partial charge is 0.485 e. The Balaban J connectivity index is 2.11. The summed E-state index contributed by atoms with van der Waals surface area (Å²) in [6, 6.07) is 6.18. The van der Waals surface area contributed by atoms with Gasteiger partial charge in [-0.1, -0.05) is 37.2 Å². The van der Waals surface area contributed by atoms with Gasteiger partial charge in [-0.15, -0.1) is 0 Å². The van der Waals surface area contributed by atoms with Crippen LogP contribution in [0.1, 0.15) is 49.5 Å². The highest BCUT2D eigenvalue weighted by molar-refractivity contribution is 5.41. The minimum atomic E-state index is 0.0897. The van der Waals surface area contributed by atoms with E-state index in [1.54, 1.807) is 0 Å². The Labute approximate surface area is 125 Å².